The molecule has 1 aromatic carbocycles. The van der Waals surface area contributed by atoms with Gasteiger partial charge in [0, 0.05) is 18.5 Å². The molecule has 0 spiro atoms. The topological polar surface area (TPSA) is 92.7 Å². The van der Waals surface area contributed by atoms with Crippen LogP contribution in [0.3, 0.4) is 0 Å². The summed E-state index contributed by atoms with van der Waals surface area (Å²) in [6.45, 7) is 0. The average molecular weight is 351 g/mol. The van der Waals surface area contributed by atoms with Gasteiger partial charge in [0.15, 0.2) is 5.65 Å². The van der Waals surface area contributed by atoms with Crippen molar-refractivity contribution in [3.63, 3.8) is 0 Å². The molecule has 4 rings (SSSR count). The van der Waals surface area contributed by atoms with Gasteiger partial charge in [0.05, 0.1) is 12.2 Å². The van der Waals surface area contributed by atoms with E-state index in [2.05, 4.69) is 20.4 Å². The first kappa shape index (κ1) is 16.5. The number of rotatable bonds is 5. The Morgan fingerprint density at radius 1 is 1.23 bits per heavy atom. The number of aryl methyl sites for hydroxylation is 1. The maximum atomic E-state index is 12.3. The number of carbonyl (C=O) groups is 1. The highest BCUT2D eigenvalue weighted by Gasteiger charge is 2.21. The Bertz CT molecular complexity index is 971. The first-order valence-corrected chi connectivity index (χ1v) is 9.02. The lowest BCUT2D eigenvalue weighted by Crippen LogP contribution is -2.17. The Balaban J connectivity index is 1.50. The van der Waals surface area contributed by atoms with Gasteiger partial charge in [0.2, 0.25) is 5.91 Å². The van der Waals surface area contributed by atoms with E-state index in [9.17, 15) is 9.59 Å². The molecular formula is C19H21N5O2. The summed E-state index contributed by atoms with van der Waals surface area (Å²) < 4.78 is 1.88. The van der Waals surface area contributed by atoms with Crippen LogP contribution in [0.2, 0.25) is 0 Å². The minimum Gasteiger partial charge on any atom is -0.326 e. The maximum absolute atomic E-state index is 12.3. The standard InChI is InChI=1S/C19H21N5O2/c25-17(21-13-6-2-1-3-7-13)11-10-16-22-18-15(19(26)23-16)12-20-24(18)14-8-4-5-9-14/h1-3,6-7,12,14H,4-5,8-11H2,(H,21,25)(H,22,23,26). The Hall–Kier alpha value is -2.96. The molecule has 1 amide bonds. The summed E-state index contributed by atoms with van der Waals surface area (Å²) in [4.78, 5) is 31.8. The zero-order valence-electron chi connectivity index (χ0n) is 14.4. The molecule has 0 atom stereocenters. The second-order valence-electron chi connectivity index (χ2n) is 6.69. The van der Waals surface area contributed by atoms with Crippen molar-refractivity contribution in [2.45, 2.75) is 44.6 Å². The average Bonchev–Trinajstić information content (AvgIpc) is 3.30. The minimum atomic E-state index is -0.197. The number of aromatic amines is 1. The number of amides is 1. The molecule has 1 fully saturated rings. The van der Waals surface area contributed by atoms with Gasteiger partial charge in [-0.1, -0.05) is 31.0 Å². The van der Waals surface area contributed by atoms with Gasteiger partial charge in [0.1, 0.15) is 11.2 Å². The number of para-hydroxylation sites is 1. The Labute approximate surface area is 150 Å². The van der Waals surface area contributed by atoms with Crippen molar-refractivity contribution in [1.82, 2.24) is 19.7 Å². The number of H-pyrrole nitrogens is 1. The predicted octanol–water partition coefficient (Wildman–Crippen LogP) is 2.81. The number of fused-ring (bicyclic) bond motifs is 1. The summed E-state index contributed by atoms with van der Waals surface area (Å²) in [5.74, 6) is 0.411. The molecule has 2 N–H and O–H groups in total. The van der Waals surface area contributed by atoms with Crippen molar-refractivity contribution in [3.8, 4) is 0 Å². The number of hydrogen-bond acceptors (Lipinski definition) is 4. The molecule has 3 aromatic rings. The van der Waals surface area contributed by atoms with Crippen LogP contribution >= 0.6 is 0 Å². The van der Waals surface area contributed by atoms with E-state index in [-0.39, 0.29) is 17.9 Å². The quantitative estimate of drug-likeness (QED) is 0.739. The van der Waals surface area contributed by atoms with Gasteiger partial charge in [-0.3, -0.25) is 9.59 Å². The fraction of sp³-hybridized carbons (Fsp3) is 0.368. The van der Waals surface area contributed by atoms with Gasteiger partial charge < -0.3 is 10.3 Å². The van der Waals surface area contributed by atoms with E-state index in [1.807, 2.05) is 35.0 Å². The number of aromatic nitrogens is 4. The molecule has 26 heavy (non-hydrogen) atoms. The lowest BCUT2D eigenvalue weighted by molar-refractivity contribution is -0.116. The van der Waals surface area contributed by atoms with Gasteiger partial charge in [-0.05, 0) is 25.0 Å². The van der Waals surface area contributed by atoms with Crippen LogP contribution in [-0.2, 0) is 11.2 Å². The Kier molecular flexibility index (Phi) is 4.51. The smallest absolute Gasteiger partial charge is 0.262 e. The first-order valence-electron chi connectivity index (χ1n) is 9.02. The second kappa shape index (κ2) is 7.11. The fourth-order valence-corrected chi connectivity index (χ4v) is 3.49. The Morgan fingerprint density at radius 3 is 2.77 bits per heavy atom. The van der Waals surface area contributed by atoms with Gasteiger partial charge in [0.25, 0.3) is 5.56 Å². The number of benzene rings is 1. The summed E-state index contributed by atoms with van der Waals surface area (Å²) in [5, 5.41) is 7.73. The van der Waals surface area contributed by atoms with Crippen LogP contribution in [0.1, 0.15) is 44.0 Å². The number of hydrogen-bond donors (Lipinski definition) is 2. The highest BCUT2D eigenvalue weighted by molar-refractivity contribution is 5.90. The number of anilines is 1. The van der Waals surface area contributed by atoms with Crippen molar-refractivity contribution in [2.75, 3.05) is 5.32 Å². The normalized spacial score (nSPS) is 14.8. The van der Waals surface area contributed by atoms with Crippen LogP contribution in [0, 0.1) is 0 Å². The third kappa shape index (κ3) is 3.37. The van der Waals surface area contributed by atoms with Crippen molar-refractivity contribution in [3.05, 3.63) is 52.7 Å². The van der Waals surface area contributed by atoms with Crippen LogP contribution in [0.25, 0.3) is 11.0 Å². The van der Waals surface area contributed by atoms with E-state index in [1.165, 1.54) is 12.8 Å². The molecule has 2 heterocycles. The van der Waals surface area contributed by atoms with E-state index in [1.54, 1.807) is 6.20 Å². The van der Waals surface area contributed by atoms with E-state index in [4.69, 9.17) is 0 Å². The van der Waals surface area contributed by atoms with E-state index >= 15 is 0 Å². The number of carbonyl (C=O) groups excluding carboxylic acids is 1. The van der Waals surface area contributed by atoms with Crippen LogP contribution in [0.15, 0.2) is 41.3 Å². The summed E-state index contributed by atoms with van der Waals surface area (Å²) in [6.07, 6.45) is 6.72. The lowest BCUT2D eigenvalue weighted by atomic mass is 10.2. The van der Waals surface area contributed by atoms with E-state index < -0.39 is 0 Å². The molecule has 1 saturated carbocycles. The van der Waals surface area contributed by atoms with Crippen LogP contribution in [0.4, 0.5) is 5.69 Å². The molecule has 0 unspecified atom stereocenters. The van der Waals surface area contributed by atoms with Crippen molar-refractivity contribution in [1.29, 1.82) is 0 Å². The largest absolute Gasteiger partial charge is 0.326 e. The van der Waals surface area contributed by atoms with Gasteiger partial charge in [-0.2, -0.15) is 5.10 Å². The molecule has 7 nitrogen and oxygen atoms in total. The maximum Gasteiger partial charge on any atom is 0.262 e. The third-order valence-corrected chi connectivity index (χ3v) is 4.83. The lowest BCUT2D eigenvalue weighted by Gasteiger charge is -2.11. The van der Waals surface area contributed by atoms with Crippen LogP contribution < -0.4 is 10.9 Å². The monoisotopic (exact) mass is 351 g/mol. The molecule has 7 heteroatoms. The summed E-state index contributed by atoms with van der Waals surface area (Å²) in [5.41, 5.74) is 1.19. The van der Waals surface area contributed by atoms with Gasteiger partial charge >= 0.3 is 0 Å². The molecule has 2 aromatic heterocycles. The molecule has 0 bridgehead atoms. The minimum absolute atomic E-state index is 0.108. The summed E-state index contributed by atoms with van der Waals surface area (Å²) >= 11 is 0. The fourth-order valence-electron chi connectivity index (χ4n) is 3.49. The van der Waals surface area contributed by atoms with Gasteiger partial charge in [-0.25, -0.2) is 9.67 Å². The van der Waals surface area contributed by atoms with Gasteiger partial charge in [-0.15, -0.1) is 0 Å². The number of nitrogens with one attached hydrogen (secondary N) is 2. The molecular weight excluding hydrogens is 330 g/mol. The zero-order valence-corrected chi connectivity index (χ0v) is 14.4. The molecule has 0 aliphatic heterocycles. The van der Waals surface area contributed by atoms with Crippen molar-refractivity contribution >= 4 is 22.6 Å². The second-order valence-corrected chi connectivity index (χ2v) is 6.69. The zero-order chi connectivity index (χ0) is 17.9. The predicted molar refractivity (Wildman–Crippen MR) is 99.0 cm³/mol. The molecule has 134 valence electrons. The highest BCUT2D eigenvalue weighted by atomic mass is 16.1. The first-order chi connectivity index (χ1) is 12.7. The Morgan fingerprint density at radius 2 is 2.00 bits per heavy atom. The molecule has 0 radical (unpaired) electrons. The molecule has 1 aliphatic carbocycles. The molecule has 1 aliphatic rings. The summed E-state index contributed by atoms with van der Waals surface area (Å²) in [6, 6.07) is 9.62. The molecule has 0 saturated heterocycles. The highest BCUT2D eigenvalue weighted by Crippen LogP contribution is 2.30. The van der Waals surface area contributed by atoms with Crippen molar-refractivity contribution in [2.24, 2.45) is 0 Å². The third-order valence-electron chi connectivity index (χ3n) is 4.83. The van der Waals surface area contributed by atoms with E-state index in [0.29, 0.717) is 29.3 Å². The van der Waals surface area contributed by atoms with E-state index in [0.717, 1.165) is 18.5 Å². The SMILES string of the molecule is O=C(CCc1nc2c(cnn2C2CCCC2)c(=O)[nH]1)Nc1ccccc1. The summed E-state index contributed by atoms with van der Waals surface area (Å²) in [7, 11) is 0. The van der Waals surface area contributed by atoms with Crippen molar-refractivity contribution < 1.29 is 4.79 Å². The van der Waals surface area contributed by atoms with Crippen LogP contribution in [0.5, 0.6) is 0 Å². The number of nitrogens with zero attached hydrogens (tertiary/aromatic N) is 3. The van der Waals surface area contributed by atoms with Crippen LogP contribution in [-0.4, -0.2) is 25.7 Å².